The number of carbonyl (C=O) groups is 3. The number of rotatable bonds is 11. The van der Waals surface area contributed by atoms with E-state index in [2.05, 4.69) is 37.2 Å². The first-order valence-electron chi connectivity index (χ1n) is 21.3. The SMILES string of the molecule is CCN(C)S(=O)(=O)Nc1ccc(F)c(Oc2ccc3ncn([C@H]4COC5(CCN(C(=O)CN6CC(c7ccc8c(C9CCC(=O)NC9=O)nn(C)c8c7)C6)CC5)C4)c(=O)c3c2)c1C#N. The van der Waals surface area contributed by atoms with Crippen molar-refractivity contribution in [3.63, 3.8) is 0 Å². The summed E-state index contributed by atoms with van der Waals surface area (Å²) in [7, 11) is -0.815. The van der Waals surface area contributed by atoms with Gasteiger partial charge in [0, 0.05) is 64.5 Å². The van der Waals surface area contributed by atoms with Crippen LogP contribution in [0.1, 0.15) is 73.7 Å². The maximum atomic E-state index is 15.1. The molecule has 20 heteroatoms. The zero-order valence-electron chi connectivity index (χ0n) is 35.5. The molecular weight excluding hydrogens is 848 g/mol. The number of ether oxygens (including phenoxy) is 2. The molecular formula is C44H47FN10O8S. The Kier molecular flexibility index (Phi) is 11.2. The number of halogens is 1. The van der Waals surface area contributed by atoms with Crippen LogP contribution in [-0.2, 0) is 36.4 Å². The molecule has 9 rings (SSSR count). The monoisotopic (exact) mass is 894 g/mol. The van der Waals surface area contributed by atoms with Gasteiger partial charge in [0.2, 0.25) is 17.7 Å². The fourth-order valence-corrected chi connectivity index (χ4v) is 10.2. The van der Waals surface area contributed by atoms with Gasteiger partial charge in [-0.15, -0.1) is 0 Å². The normalized spacial score (nSPS) is 20.5. The lowest BCUT2D eigenvalue weighted by atomic mass is 9.87. The van der Waals surface area contributed by atoms with Gasteiger partial charge in [0.05, 0.1) is 64.8 Å². The minimum Gasteiger partial charge on any atom is -0.453 e. The highest BCUT2D eigenvalue weighted by Crippen LogP contribution is 2.41. The zero-order valence-corrected chi connectivity index (χ0v) is 36.4. The van der Waals surface area contributed by atoms with Crippen LogP contribution >= 0.6 is 0 Å². The van der Waals surface area contributed by atoms with Crippen LogP contribution in [0.2, 0.25) is 0 Å². The summed E-state index contributed by atoms with van der Waals surface area (Å²) in [5.74, 6) is -2.07. The summed E-state index contributed by atoms with van der Waals surface area (Å²) < 4.78 is 59.3. The van der Waals surface area contributed by atoms with Gasteiger partial charge in [-0.05, 0) is 67.6 Å². The molecule has 18 nitrogen and oxygen atoms in total. The van der Waals surface area contributed by atoms with E-state index in [0.29, 0.717) is 56.5 Å². The summed E-state index contributed by atoms with van der Waals surface area (Å²) in [6.07, 6.45) is 4.00. The fraction of sp³-hybridized carbons (Fsp3) is 0.432. The number of hydrogen-bond acceptors (Lipinski definition) is 12. The summed E-state index contributed by atoms with van der Waals surface area (Å²) in [6, 6.07) is 14.3. The Hall–Kier alpha value is -6.27. The smallest absolute Gasteiger partial charge is 0.301 e. The quantitative estimate of drug-likeness (QED) is 0.182. The van der Waals surface area contributed by atoms with Crippen molar-refractivity contribution in [3.8, 4) is 17.6 Å². The van der Waals surface area contributed by atoms with Gasteiger partial charge in [-0.3, -0.25) is 43.4 Å². The third-order valence-electron chi connectivity index (χ3n) is 13.2. The minimum absolute atomic E-state index is 0.0449. The van der Waals surface area contributed by atoms with E-state index in [1.54, 1.807) is 17.7 Å². The Morgan fingerprint density at radius 3 is 2.62 bits per heavy atom. The van der Waals surface area contributed by atoms with Gasteiger partial charge in [-0.1, -0.05) is 19.1 Å². The number of imide groups is 1. The number of nitrogens with zero attached hydrogens (tertiary/aromatic N) is 8. The summed E-state index contributed by atoms with van der Waals surface area (Å²) in [6.45, 7) is 4.93. The Morgan fingerprint density at radius 2 is 1.89 bits per heavy atom. The molecule has 4 aliphatic rings. The third kappa shape index (κ3) is 7.97. The molecule has 0 aliphatic carbocycles. The average Bonchev–Trinajstić information content (AvgIpc) is 3.82. The Bertz CT molecular complexity index is 2940. The molecule has 1 unspecified atom stereocenters. The predicted molar refractivity (Wildman–Crippen MR) is 231 cm³/mol. The van der Waals surface area contributed by atoms with E-state index in [1.165, 1.54) is 30.1 Å². The van der Waals surface area contributed by atoms with Crippen molar-refractivity contribution in [2.45, 2.75) is 62.5 Å². The number of fused-ring (bicyclic) bond motifs is 2. The fourth-order valence-electron chi connectivity index (χ4n) is 9.28. The topological polar surface area (TPSA) is 214 Å². The van der Waals surface area contributed by atoms with Crippen molar-refractivity contribution < 1.29 is 36.7 Å². The maximum Gasteiger partial charge on any atom is 0.301 e. The van der Waals surface area contributed by atoms with Crippen LogP contribution in [-0.4, -0.2) is 118 Å². The van der Waals surface area contributed by atoms with Crippen LogP contribution < -0.4 is 20.3 Å². The highest BCUT2D eigenvalue weighted by molar-refractivity contribution is 7.90. The number of amides is 3. The zero-order chi connectivity index (χ0) is 45.1. The molecule has 0 bridgehead atoms. The standard InChI is InChI=1S/C44H47FN10O8S/c1-4-51(2)64(60,61)50-36-11-9-34(45)41(33(36)20-46)63-29-6-10-35-32(18-29)43(59)55(25-47-35)28-19-44(62-24-28)13-15-54(16-14-44)39(57)23-53-21-27(22-53)26-5-7-30-37(17-26)52(3)49-40(30)31-8-12-38(56)48-42(31)58/h5-7,9-11,17-18,25,27-28,31,50H,4,8,12-16,19,21-24H2,1-3H3,(H,48,56,58)/t28-,31?/m1/s1. The van der Waals surface area contributed by atoms with Gasteiger partial charge in [0.25, 0.3) is 5.56 Å². The summed E-state index contributed by atoms with van der Waals surface area (Å²) >= 11 is 0. The van der Waals surface area contributed by atoms with Gasteiger partial charge in [0.1, 0.15) is 17.4 Å². The molecule has 4 saturated heterocycles. The van der Waals surface area contributed by atoms with Gasteiger partial charge in [0.15, 0.2) is 11.6 Å². The lowest BCUT2D eigenvalue weighted by Gasteiger charge is -2.42. The van der Waals surface area contributed by atoms with Crippen molar-refractivity contribution in [1.82, 2.24) is 38.8 Å². The van der Waals surface area contributed by atoms with Crippen molar-refractivity contribution >= 4 is 55.4 Å². The maximum absolute atomic E-state index is 15.1. The molecule has 2 atom stereocenters. The lowest BCUT2D eigenvalue weighted by Crippen LogP contribution is -2.53. The van der Waals surface area contributed by atoms with Crippen LogP contribution in [0.15, 0.2) is 59.7 Å². The molecule has 2 aromatic heterocycles. The van der Waals surface area contributed by atoms with Crippen molar-refractivity contribution in [3.05, 3.63) is 87.9 Å². The molecule has 3 aromatic carbocycles. The summed E-state index contributed by atoms with van der Waals surface area (Å²) in [4.78, 5) is 60.2. The molecule has 4 aliphatic heterocycles. The van der Waals surface area contributed by atoms with Gasteiger partial charge in [-0.25, -0.2) is 9.37 Å². The first kappa shape index (κ1) is 43.0. The summed E-state index contributed by atoms with van der Waals surface area (Å²) in [5, 5.41) is 18.1. The van der Waals surface area contributed by atoms with Crippen LogP contribution in [0, 0.1) is 17.1 Å². The minimum atomic E-state index is -4.03. The van der Waals surface area contributed by atoms with Crippen LogP contribution in [0.5, 0.6) is 11.5 Å². The van der Waals surface area contributed by atoms with E-state index in [-0.39, 0.29) is 77.2 Å². The molecule has 1 spiro atoms. The number of nitrogens with one attached hydrogen (secondary N) is 2. The molecule has 334 valence electrons. The number of nitriles is 1. The molecule has 64 heavy (non-hydrogen) atoms. The van der Waals surface area contributed by atoms with Crippen molar-refractivity contribution in [2.24, 2.45) is 7.05 Å². The molecule has 0 saturated carbocycles. The molecule has 2 N–H and O–H groups in total. The van der Waals surface area contributed by atoms with Crippen LogP contribution in [0.3, 0.4) is 0 Å². The second-order valence-electron chi connectivity index (χ2n) is 17.1. The van der Waals surface area contributed by atoms with Crippen molar-refractivity contribution in [2.75, 3.05) is 57.6 Å². The van der Waals surface area contributed by atoms with E-state index >= 15 is 4.39 Å². The van der Waals surface area contributed by atoms with Gasteiger partial charge < -0.3 is 14.4 Å². The Balaban J connectivity index is 0.804. The molecule has 3 amide bonds. The van der Waals surface area contributed by atoms with E-state index < -0.39 is 33.3 Å². The second-order valence-corrected chi connectivity index (χ2v) is 18.9. The van der Waals surface area contributed by atoms with E-state index in [4.69, 9.17) is 9.47 Å². The number of aryl methyl sites for hydroxylation is 1. The highest BCUT2D eigenvalue weighted by Gasteiger charge is 2.45. The number of carbonyl (C=O) groups excluding carboxylic acids is 3. The first-order valence-corrected chi connectivity index (χ1v) is 22.7. The number of benzene rings is 3. The largest absolute Gasteiger partial charge is 0.453 e. The summed E-state index contributed by atoms with van der Waals surface area (Å²) in [5.41, 5.74) is 1.73. The number of anilines is 1. The highest BCUT2D eigenvalue weighted by atomic mass is 32.2. The van der Waals surface area contributed by atoms with E-state index in [1.807, 2.05) is 24.1 Å². The second kappa shape index (κ2) is 16.7. The number of aromatic nitrogens is 4. The predicted octanol–water partition coefficient (Wildman–Crippen LogP) is 3.64. The molecule has 5 aromatic rings. The third-order valence-corrected chi connectivity index (χ3v) is 14.7. The average molecular weight is 895 g/mol. The van der Waals surface area contributed by atoms with Crippen LogP contribution in [0.25, 0.3) is 21.8 Å². The van der Waals surface area contributed by atoms with Crippen molar-refractivity contribution in [1.29, 1.82) is 5.26 Å². The van der Waals surface area contributed by atoms with Crippen LogP contribution in [0.4, 0.5) is 10.1 Å². The number of hydrogen-bond donors (Lipinski definition) is 2. The van der Waals surface area contributed by atoms with Gasteiger partial charge in [-0.2, -0.15) is 23.1 Å². The first-order chi connectivity index (χ1) is 30.7. The molecule has 0 radical (unpaired) electrons. The van der Waals surface area contributed by atoms with Gasteiger partial charge >= 0.3 is 10.2 Å². The Morgan fingerprint density at radius 1 is 1.11 bits per heavy atom. The lowest BCUT2D eigenvalue weighted by molar-refractivity contribution is -0.138. The Labute approximate surface area is 367 Å². The molecule has 4 fully saturated rings. The number of piperidine rings is 2. The number of likely N-dealkylation sites (tertiary alicyclic amines) is 2. The van der Waals surface area contributed by atoms with E-state index in [0.717, 1.165) is 46.0 Å². The molecule has 6 heterocycles. The van der Waals surface area contributed by atoms with E-state index in [9.17, 15) is 32.9 Å².